The van der Waals surface area contributed by atoms with Crippen LogP contribution < -0.4 is 0 Å². The molecule has 0 amide bonds. The summed E-state index contributed by atoms with van der Waals surface area (Å²) in [5.41, 5.74) is 1.73. The highest BCUT2D eigenvalue weighted by Crippen LogP contribution is 2.32. The van der Waals surface area contributed by atoms with E-state index in [2.05, 4.69) is 9.97 Å². The van der Waals surface area contributed by atoms with Gasteiger partial charge in [0.15, 0.2) is 0 Å². The molecule has 0 N–H and O–H groups in total. The fraction of sp³-hybridized carbons (Fsp3) is 0.200. The summed E-state index contributed by atoms with van der Waals surface area (Å²) in [5.74, 6) is 0. The average Bonchev–Trinajstić information content (AvgIpc) is 2.73. The second-order valence-electron chi connectivity index (χ2n) is 6.69. The SMILES string of the molecule is O=S(=O)(c1ccc(-c2cccc(C(F)(F)F)c2)cc1)N1CCc2ncncc2C1. The van der Waals surface area contributed by atoms with Crippen molar-refractivity contribution in [2.24, 2.45) is 0 Å². The lowest BCUT2D eigenvalue weighted by molar-refractivity contribution is -0.137. The second-order valence-corrected chi connectivity index (χ2v) is 8.62. The minimum Gasteiger partial charge on any atom is -0.244 e. The molecule has 0 fully saturated rings. The fourth-order valence-electron chi connectivity index (χ4n) is 3.29. The molecular weight excluding hydrogens is 403 g/mol. The summed E-state index contributed by atoms with van der Waals surface area (Å²) in [6.45, 7) is 0.496. The third-order valence-electron chi connectivity index (χ3n) is 4.84. The van der Waals surface area contributed by atoms with Gasteiger partial charge in [-0.1, -0.05) is 24.3 Å². The molecule has 0 unspecified atom stereocenters. The molecule has 0 atom stereocenters. The maximum absolute atomic E-state index is 13.0. The molecule has 9 heteroatoms. The van der Waals surface area contributed by atoms with Crippen LogP contribution in [-0.2, 0) is 29.2 Å². The van der Waals surface area contributed by atoms with Crippen molar-refractivity contribution in [3.8, 4) is 11.1 Å². The number of hydrogen-bond donors (Lipinski definition) is 0. The molecule has 1 aromatic heterocycles. The van der Waals surface area contributed by atoms with Crippen molar-refractivity contribution in [3.05, 3.63) is 77.9 Å². The normalized spacial score (nSPS) is 15.1. The zero-order valence-electron chi connectivity index (χ0n) is 15.1. The Labute approximate surface area is 165 Å². The van der Waals surface area contributed by atoms with Crippen molar-refractivity contribution in [2.45, 2.75) is 24.0 Å². The van der Waals surface area contributed by atoms with Crippen LogP contribution in [-0.4, -0.2) is 29.2 Å². The maximum atomic E-state index is 13.0. The van der Waals surface area contributed by atoms with Gasteiger partial charge in [-0.2, -0.15) is 17.5 Å². The lowest BCUT2D eigenvalue weighted by Crippen LogP contribution is -2.36. The molecule has 4 rings (SSSR count). The Morgan fingerprint density at radius 3 is 2.48 bits per heavy atom. The summed E-state index contributed by atoms with van der Waals surface area (Å²) in [7, 11) is -3.74. The number of rotatable bonds is 3. The second kappa shape index (κ2) is 7.23. The molecule has 2 aromatic carbocycles. The van der Waals surface area contributed by atoms with E-state index in [9.17, 15) is 21.6 Å². The van der Waals surface area contributed by atoms with Gasteiger partial charge in [-0.3, -0.25) is 0 Å². The highest BCUT2D eigenvalue weighted by molar-refractivity contribution is 7.89. The van der Waals surface area contributed by atoms with E-state index in [0.29, 0.717) is 24.1 Å². The number of sulfonamides is 1. The van der Waals surface area contributed by atoms with Gasteiger partial charge >= 0.3 is 6.18 Å². The topological polar surface area (TPSA) is 63.2 Å². The van der Waals surface area contributed by atoms with Gasteiger partial charge in [-0.15, -0.1) is 0 Å². The third kappa shape index (κ3) is 3.88. The van der Waals surface area contributed by atoms with Gasteiger partial charge in [-0.25, -0.2) is 18.4 Å². The molecule has 1 aliphatic rings. The first-order valence-electron chi connectivity index (χ1n) is 8.81. The summed E-state index contributed by atoms with van der Waals surface area (Å²) in [6, 6.07) is 10.8. The summed E-state index contributed by atoms with van der Waals surface area (Å²) in [4.78, 5) is 8.20. The smallest absolute Gasteiger partial charge is 0.244 e. The quantitative estimate of drug-likeness (QED) is 0.646. The highest BCUT2D eigenvalue weighted by Gasteiger charge is 2.31. The molecule has 0 bridgehead atoms. The fourth-order valence-corrected chi connectivity index (χ4v) is 4.71. The minimum absolute atomic E-state index is 0.0912. The molecule has 3 aromatic rings. The first-order valence-corrected chi connectivity index (χ1v) is 10.2. The van der Waals surface area contributed by atoms with Crippen molar-refractivity contribution in [1.29, 1.82) is 0 Å². The number of nitrogens with zero attached hydrogens (tertiary/aromatic N) is 3. The summed E-state index contributed by atoms with van der Waals surface area (Å²) in [6.07, 6.45) is -0.886. The molecule has 0 radical (unpaired) electrons. The molecule has 2 heterocycles. The molecule has 150 valence electrons. The molecular formula is C20H16F3N3O2S. The number of alkyl halides is 3. The summed E-state index contributed by atoms with van der Waals surface area (Å²) < 4.78 is 66.1. The molecule has 0 spiro atoms. The van der Waals surface area contributed by atoms with Crippen LogP contribution in [0.4, 0.5) is 13.2 Å². The van der Waals surface area contributed by atoms with Gasteiger partial charge in [0.25, 0.3) is 0 Å². The Kier molecular flexibility index (Phi) is 4.87. The molecule has 0 saturated carbocycles. The van der Waals surface area contributed by atoms with E-state index < -0.39 is 21.8 Å². The van der Waals surface area contributed by atoms with Crippen molar-refractivity contribution in [3.63, 3.8) is 0 Å². The Balaban J connectivity index is 1.60. The van der Waals surface area contributed by atoms with E-state index in [1.807, 2.05) is 0 Å². The average molecular weight is 419 g/mol. The van der Waals surface area contributed by atoms with Gasteiger partial charge in [0.2, 0.25) is 10.0 Å². The zero-order chi connectivity index (χ0) is 20.6. The summed E-state index contributed by atoms with van der Waals surface area (Å²) >= 11 is 0. The van der Waals surface area contributed by atoms with E-state index in [1.54, 1.807) is 12.3 Å². The zero-order valence-corrected chi connectivity index (χ0v) is 15.9. The van der Waals surface area contributed by atoms with Gasteiger partial charge in [0, 0.05) is 37.0 Å². The van der Waals surface area contributed by atoms with Crippen LogP contribution in [0.25, 0.3) is 11.1 Å². The van der Waals surface area contributed by atoms with E-state index >= 15 is 0 Å². The van der Waals surface area contributed by atoms with Crippen LogP contribution in [0.1, 0.15) is 16.8 Å². The monoisotopic (exact) mass is 419 g/mol. The number of fused-ring (bicyclic) bond motifs is 1. The number of aromatic nitrogens is 2. The first-order chi connectivity index (χ1) is 13.7. The largest absolute Gasteiger partial charge is 0.416 e. The van der Waals surface area contributed by atoms with Crippen molar-refractivity contribution in [2.75, 3.05) is 6.54 Å². The standard InChI is InChI=1S/C20H16F3N3O2S/c21-20(22,23)17-3-1-2-15(10-17)14-4-6-18(7-5-14)29(27,28)26-9-8-19-16(12-26)11-24-13-25-19/h1-7,10-11,13H,8-9,12H2. The third-order valence-corrected chi connectivity index (χ3v) is 6.70. The molecule has 0 aliphatic carbocycles. The van der Waals surface area contributed by atoms with Crippen LogP contribution in [0.2, 0.25) is 0 Å². The van der Waals surface area contributed by atoms with Crippen LogP contribution in [0, 0.1) is 0 Å². The summed E-state index contributed by atoms with van der Waals surface area (Å²) in [5, 5.41) is 0. The van der Waals surface area contributed by atoms with Crippen LogP contribution in [0.5, 0.6) is 0 Å². The Morgan fingerprint density at radius 2 is 1.76 bits per heavy atom. The van der Waals surface area contributed by atoms with E-state index in [4.69, 9.17) is 0 Å². The number of benzene rings is 2. The van der Waals surface area contributed by atoms with E-state index in [0.717, 1.165) is 23.4 Å². The number of hydrogen-bond acceptors (Lipinski definition) is 4. The van der Waals surface area contributed by atoms with Crippen LogP contribution in [0.3, 0.4) is 0 Å². The number of halogens is 3. The highest BCUT2D eigenvalue weighted by atomic mass is 32.2. The molecule has 5 nitrogen and oxygen atoms in total. The van der Waals surface area contributed by atoms with E-state index in [1.165, 1.54) is 41.0 Å². The van der Waals surface area contributed by atoms with Gasteiger partial charge in [0.05, 0.1) is 10.5 Å². The Morgan fingerprint density at radius 1 is 1.00 bits per heavy atom. The van der Waals surface area contributed by atoms with Crippen molar-refractivity contribution < 1.29 is 21.6 Å². The van der Waals surface area contributed by atoms with Gasteiger partial charge in [0.1, 0.15) is 6.33 Å². The van der Waals surface area contributed by atoms with Gasteiger partial charge in [-0.05, 0) is 35.4 Å². The Bertz CT molecular complexity index is 1150. The van der Waals surface area contributed by atoms with Crippen LogP contribution >= 0.6 is 0 Å². The van der Waals surface area contributed by atoms with Gasteiger partial charge < -0.3 is 0 Å². The minimum atomic E-state index is -4.44. The van der Waals surface area contributed by atoms with Crippen molar-refractivity contribution in [1.82, 2.24) is 14.3 Å². The molecule has 1 aliphatic heterocycles. The maximum Gasteiger partial charge on any atom is 0.416 e. The lowest BCUT2D eigenvalue weighted by atomic mass is 10.0. The molecule has 0 saturated heterocycles. The first kappa shape index (κ1) is 19.5. The van der Waals surface area contributed by atoms with Crippen LogP contribution in [0.15, 0.2) is 66.0 Å². The van der Waals surface area contributed by atoms with Crippen molar-refractivity contribution >= 4 is 10.0 Å². The Hall–Kier alpha value is -2.78. The molecule has 29 heavy (non-hydrogen) atoms. The predicted molar refractivity (Wildman–Crippen MR) is 100 cm³/mol. The lowest BCUT2D eigenvalue weighted by Gasteiger charge is -2.27. The predicted octanol–water partition coefficient (Wildman–Crippen LogP) is 3.91. The van der Waals surface area contributed by atoms with E-state index in [-0.39, 0.29) is 11.4 Å².